The van der Waals surface area contributed by atoms with Crippen molar-refractivity contribution in [1.29, 1.82) is 0 Å². The lowest BCUT2D eigenvalue weighted by Gasteiger charge is -2.26. The first-order chi connectivity index (χ1) is 7.74. The molecule has 4 heteroatoms. The van der Waals surface area contributed by atoms with Crippen LogP contribution in [0.5, 0.6) is 0 Å². The highest BCUT2D eigenvalue weighted by molar-refractivity contribution is 9.10. The van der Waals surface area contributed by atoms with Crippen molar-refractivity contribution >= 4 is 15.9 Å². The minimum Gasteiger partial charge on any atom is -0.300 e. The van der Waals surface area contributed by atoms with Gasteiger partial charge >= 0.3 is 0 Å². The highest BCUT2D eigenvalue weighted by atomic mass is 79.9. The molecule has 0 amide bonds. The summed E-state index contributed by atoms with van der Waals surface area (Å²) >= 11 is 3.64. The Bertz CT molecular complexity index is 377. The lowest BCUT2D eigenvalue weighted by atomic mass is 9.96. The van der Waals surface area contributed by atoms with Crippen molar-refractivity contribution < 1.29 is 0 Å². The molecule has 1 rings (SSSR count). The summed E-state index contributed by atoms with van der Waals surface area (Å²) in [5, 5.41) is 4.52. The summed E-state index contributed by atoms with van der Waals surface area (Å²) in [7, 11) is 2.17. The normalized spacial score (nSPS) is 12.5. The average molecular weight is 302 g/mol. The largest absolute Gasteiger partial charge is 0.300 e. The van der Waals surface area contributed by atoms with Crippen molar-refractivity contribution in [2.24, 2.45) is 5.41 Å². The fraction of sp³-hybridized carbons (Fsp3) is 0.769. The summed E-state index contributed by atoms with van der Waals surface area (Å²) < 4.78 is 3.23. The summed E-state index contributed by atoms with van der Waals surface area (Å²) in [4.78, 5) is 2.35. The first-order valence-electron chi connectivity index (χ1n) is 6.15. The molecule has 0 bridgehead atoms. The fourth-order valence-corrected chi connectivity index (χ4v) is 2.55. The molecule has 98 valence electrons. The number of rotatable bonds is 4. The van der Waals surface area contributed by atoms with E-state index in [2.05, 4.69) is 65.4 Å². The maximum atomic E-state index is 4.52. The molecular weight excluding hydrogens is 278 g/mol. The zero-order valence-electron chi connectivity index (χ0n) is 11.8. The van der Waals surface area contributed by atoms with E-state index in [-0.39, 0.29) is 0 Å². The molecule has 17 heavy (non-hydrogen) atoms. The SMILES string of the molecule is CCn1nc(C)c(Br)c1CN(C)CC(C)(C)C. The Morgan fingerprint density at radius 1 is 1.35 bits per heavy atom. The predicted molar refractivity (Wildman–Crippen MR) is 76.1 cm³/mol. The van der Waals surface area contributed by atoms with Crippen molar-refractivity contribution in [3.05, 3.63) is 15.9 Å². The molecule has 0 saturated heterocycles. The lowest BCUT2D eigenvalue weighted by Crippen LogP contribution is -2.29. The lowest BCUT2D eigenvalue weighted by molar-refractivity contribution is 0.215. The van der Waals surface area contributed by atoms with E-state index in [9.17, 15) is 0 Å². The van der Waals surface area contributed by atoms with Crippen LogP contribution in [-0.4, -0.2) is 28.3 Å². The average Bonchev–Trinajstić information content (AvgIpc) is 2.42. The molecule has 3 nitrogen and oxygen atoms in total. The Hall–Kier alpha value is -0.350. The van der Waals surface area contributed by atoms with Gasteiger partial charge in [0.15, 0.2) is 0 Å². The van der Waals surface area contributed by atoms with Crippen LogP contribution < -0.4 is 0 Å². The van der Waals surface area contributed by atoms with Crippen LogP contribution in [0.15, 0.2) is 4.47 Å². The molecule has 0 spiro atoms. The Morgan fingerprint density at radius 2 is 1.94 bits per heavy atom. The first-order valence-corrected chi connectivity index (χ1v) is 6.94. The van der Waals surface area contributed by atoms with Gasteiger partial charge < -0.3 is 0 Å². The Labute approximate surface area is 113 Å². The van der Waals surface area contributed by atoms with E-state index in [4.69, 9.17) is 0 Å². The number of aryl methyl sites for hydroxylation is 2. The van der Waals surface area contributed by atoms with Crippen LogP contribution >= 0.6 is 15.9 Å². The Morgan fingerprint density at radius 3 is 2.41 bits per heavy atom. The smallest absolute Gasteiger partial charge is 0.0739 e. The minimum absolute atomic E-state index is 0.327. The van der Waals surface area contributed by atoms with Crippen molar-refractivity contribution in [3.63, 3.8) is 0 Å². The molecule has 0 aromatic carbocycles. The van der Waals surface area contributed by atoms with Crippen LogP contribution in [0.2, 0.25) is 0 Å². The van der Waals surface area contributed by atoms with Gasteiger partial charge in [0.25, 0.3) is 0 Å². The van der Waals surface area contributed by atoms with Gasteiger partial charge in [-0.1, -0.05) is 20.8 Å². The van der Waals surface area contributed by atoms with Crippen LogP contribution in [0.3, 0.4) is 0 Å². The first kappa shape index (κ1) is 14.7. The summed E-state index contributed by atoms with van der Waals surface area (Å²) in [6, 6.07) is 0. The molecule has 0 N–H and O–H groups in total. The molecule has 0 unspecified atom stereocenters. The molecular formula is C13H24BrN3. The summed E-state index contributed by atoms with van der Waals surface area (Å²) in [5.74, 6) is 0. The maximum absolute atomic E-state index is 4.52. The second-order valence-electron chi connectivity index (χ2n) is 5.89. The molecule has 1 heterocycles. The second-order valence-corrected chi connectivity index (χ2v) is 6.69. The third kappa shape index (κ3) is 4.11. The van der Waals surface area contributed by atoms with Crippen LogP contribution in [0.4, 0.5) is 0 Å². The zero-order valence-corrected chi connectivity index (χ0v) is 13.4. The quantitative estimate of drug-likeness (QED) is 0.849. The van der Waals surface area contributed by atoms with Gasteiger partial charge in [-0.05, 0) is 42.2 Å². The van der Waals surface area contributed by atoms with Crippen molar-refractivity contribution in [2.45, 2.75) is 47.7 Å². The number of halogens is 1. The van der Waals surface area contributed by atoms with E-state index >= 15 is 0 Å². The monoisotopic (exact) mass is 301 g/mol. The molecule has 0 atom stereocenters. The molecule has 0 saturated carbocycles. The van der Waals surface area contributed by atoms with Crippen LogP contribution in [0, 0.1) is 12.3 Å². The van der Waals surface area contributed by atoms with Gasteiger partial charge in [-0.2, -0.15) is 5.10 Å². The van der Waals surface area contributed by atoms with Gasteiger partial charge in [0.05, 0.1) is 15.9 Å². The molecule has 0 aliphatic carbocycles. The number of hydrogen-bond donors (Lipinski definition) is 0. The third-order valence-electron chi connectivity index (χ3n) is 2.62. The molecule has 1 aromatic heterocycles. The Kier molecular flexibility index (Phi) is 4.78. The van der Waals surface area contributed by atoms with E-state index < -0.39 is 0 Å². The van der Waals surface area contributed by atoms with E-state index in [0.717, 1.165) is 29.8 Å². The number of hydrogen-bond acceptors (Lipinski definition) is 2. The molecule has 0 radical (unpaired) electrons. The highest BCUT2D eigenvalue weighted by Gasteiger charge is 2.17. The van der Waals surface area contributed by atoms with E-state index in [1.165, 1.54) is 5.69 Å². The number of aromatic nitrogens is 2. The van der Waals surface area contributed by atoms with Gasteiger partial charge in [-0.3, -0.25) is 9.58 Å². The maximum Gasteiger partial charge on any atom is 0.0739 e. The molecule has 0 aliphatic rings. The van der Waals surface area contributed by atoms with E-state index in [0.29, 0.717) is 5.41 Å². The summed E-state index contributed by atoms with van der Waals surface area (Å²) in [5.41, 5.74) is 2.68. The van der Waals surface area contributed by atoms with E-state index in [1.54, 1.807) is 0 Å². The predicted octanol–water partition coefficient (Wildman–Crippen LogP) is 3.45. The van der Waals surface area contributed by atoms with Crippen LogP contribution in [0.25, 0.3) is 0 Å². The van der Waals surface area contributed by atoms with Crippen molar-refractivity contribution in [2.75, 3.05) is 13.6 Å². The highest BCUT2D eigenvalue weighted by Crippen LogP contribution is 2.23. The molecule has 0 aliphatic heterocycles. The van der Waals surface area contributed by atoms with Crippen molar-refractivity contribution in [3.8, 4) is 0 Å². The van der Waals surface area contributed by atoms with Gasteiger partial charge in [0, 0.05) is 19.6 Å². The Balaban J connectivity index is 2.80. The third-order valence-corrected chi connectivity index (χ3v) is 3.65. The van der Waals surface area contributed by atoms with E-state index in [1.807, 2.05) is 6.92 Å². The van der Waals surface area contributed by atoms with Crippen LogP contribution in [0.1, 0.15) is 39.1 Å². The topological polar surface area (TPSA) is 21.1 Å². The van der Waals surface area contributed by atoms with Crippen molar-refractivity contribution in [1.82, 2.24) is 14.7 Å². The fourth-order valence-electron chi connectivity index (χ4n) is 2.14. The standard InChI is InChI=1S/C13H24BrN3/c1-7-17-11(12(14)10(2)15-17)8-16(6)9-13(3,4)5/h7-9H2,1-6H3. The van der Waals surface area contributed by atoms with Gasteiger partial charge in [0.2, 0.25) is 0 Å². The van der Waals surface area contributed by atoms with Crippen LogP contribution in [-0.2, 0) is 13.1 Å². The molecule has 1 aromatic rings. The summed E-state index contributed by atoms with van der Waals surface area (Å²) in [6.45, 7) is 13.9. The zero-order chi connectivity index (χ0) is 13.2. The van der Waals surface area contributed by atoms with Gasteiger partial charge in [-0.15, -0.1) is 0 Å². The summed E-state index contributed by atoms with van der Waals surface area (Å²) in [6.07, 6.45) is 0. The number of nitrogens with zero attached hydrogens (tertiary/aromatic N) is 3. The minimum atomic E-state index is 0.327. The van der Waals surface area contributed by atoms with Gasteiger partial charge in [0.1, 0.15) is 0 Å². The second kappa shape index (κ2) is 5.53. The van der Waals surface area contributed by atoms with Gasteiger partial charge in [-0.25, -0.2) is 0 Å². The molecule has 0 fully saturated rings.